The highest BCUT2D eigenvalue weighted by molar-refractivity contribution is 5.73. The van der Waals surface area contributed by atoms with Gasteiger partial charge >= 0.3 is 0 Å². The van der Waals surface area contributed by atoms with E-state index in [0.29, 0.717) is 0 Å². The van der Waals surface area contributed by atoms with Crippen molar-refractivity contribution in [2.75, 3.05) is 0 Å². The van der Waals surface area contributed by atoms with E-state index in [0.717, 1.165) is 0 Å². The summed E-state index contributed by atoms with van der Waals surface area (Å²) in [4.78, 5) is 0. The van der Waals surface area contributed by atoms with Crippen LogP contribution in [0.4, 0.5) is 0 Å². The van der Waals surface area contributed by atoms with Gasteiger partial charge in [0.2, 0.25) is 0 Å². The largest absolute Gasteiger partial charge is 0.492 e. The molecule has 3 aromatic rings. The lowest BCUT2D eigenvalue weighted by Crippen LogP contribution is -2.09. The monoisotopic (exact) mass is 298 g/mol. The summed E-state index contributed by atoms with van der Waals surface area (Å²) in [7, 11) is 0. The van der Waals surface area contributed by atoms with Crippen molar-refractivity contribution in [1.29, 1.82) is 0 Å². The zero-order valence-electron chi connectivity index (χ0n) is 12.8. The van der Waals surface area contributed by atoms with Crippen LogP contribution < -0.4 is 0 Å². The average Bonchev–Trinajstić information content (AvgIpc) is 3.09. The molecule has 0 radical (unpaired) electrons. The topological polar surface area (TPSA) is 9.23 Å². The van der Waals surface area contributed by atoms with Crippen LogP contribution >= 0.6 is 0 Å². The lowest BCUT2D eigenvalue weighted by Gasteiger charge is -2.22. The number of hydrogen-bond donors (Lipinski definition) is 0. The molecule has 112 valence electrons. The zero-order valence-corrected chi connectivity index (χ0v) is 12.8. The van der Waals surface area contributed by atoms with Crippen molar-refractivity contribution in [2.45, 2.75) is 12.0 Å². The van der Waals surface area contributed by atoms with Gasteiger partial charge in [-0.3, -0.25) is 0 Å². The average molecular weight is 298 g/mol. The fraction of sp³-hybridized carbons (Fsp3) is 0.0909. The van der Waals surface area contributed by atoms with Crippen molar-refractivity contribution >= 4 is 5.57 Å². The van der Waals surface area contributed by atoms with Crippen molar-refractivity contribution in [3.05, 3.63) is 114 Å². The van der Waals surface area contributed by atoms with Crippen LogP contribution in [-0.2, 0) is 4.74 Å². The van der Waals surface area contributed by atoms with Gasteiger partial charge in [0.1, 0.15) is 6.10 Å². The Balaban J connectivity index is 1.79. The quantitative estimate of drug-likeness (QED) is 0.613. The summed E-state index contributed by atoms with van der Waals surface area (Å²) in [6.45, 7) is 0. The van der Waals surface area contributed by atoms with Gasteiger partial charge < -0.3 is 4.74 Å². The lowest BCUT2D eigenvalue weighted by atomic mass is 9.82. The lowest BCUT2D eigenvalue weighted by molar-refractivity contribution is 0.159. The van der Waals surface area contributed by atoms with Crippen LogP contribution in [0, 0.1) is 0 Å². The molecule has 23 heavy (non-hydrogen) atoms. The van der Waals surface area contributed by atoms with Gasteiger partial charge in [-0.05, 0) is 16.7 Å². The summed E-state index contributed by atoms with van der Waals surface area (Å²) in [5, 5.41) is 0. The Labute approximate surface area is 136 Å². The second kappa shape index (κ2) is 6.13. The molecule has 1 aliphatic heterocycles. The van der Waals surface area contributed by atoms with E-state index in [2.05, 4.69) is 78.9 Å². The summed E-state index contributed by atoms with van der Waals surface area (Å²) in [6, 6.07) is 31.6. The second-order valence-corrected chi connectivity index (χ2v) is 5.79. The zero-order chi connectivity index (χ0) is 15.5. The first-order chi connectivity index (χ1) is 11.4. The van der Waals surface area contributed by atoms with Crippen LogP contribution in [0.15, 0.2) is 97.3 Å². The van der Waals surface area contributed by atoms with Crippen LogP contribution in [-0.4, -0.2) is 0 Å². The maximum absolute atomic E-state index is 6.11. The molecule has 1 aliphatic rings. The fourth-order valence-electron chi connectivity index (χ4n) is 3.27. The molecule has 3 aromatic carbocycles. The minimum absolute atomic E-state index is 0.0220. The molecule has 0 spiro atoms. The first kappa shape index (κ1) is 13.8. The maximum Gasteiger partial charge on any atom is 0.134 e. The molecule has 2 atom stereocenters. The predicted octanol–water partition coefficient (Wildman–Crippen LogP) is 5.58. The van der Waals surface area contributed by atoms with Crippen LogP contribution in [0.2, 0.25) is 0 Å². The van der Waals surface area contributed by atoms with Crippen LogP contribution in [0.25, 0.3) is 5.57 Å². The fourth-order valence-corrected chi connectivity index (χ4v) is 3.27. The third kappa shape index (κ3) is 2.66. The van der Waals surface area contributed by atoms with Gasteiger partial charge in [-0.25, -0.2) is 0 Å². The molecule has 0 saturated carbocycles. The van der Waals surface area contributed by atoms with Gasteiger partial charge in [-0.15, -0.1) is 0 Å². The normalized spacial score (nSPS) is 19.9. The summed E-state index contributed by atoms with van der Waals surface area (Å²) in [5.74, 6) is 0.209. The van der Waals surface area contributed by atoms with Crippen LogP contribution in [0.3, 0.4) is 0 Å². The third-order valence-electron chi connectivity index (χ3n) is 4.37. The van der Waals surface area contributed by atoms with E-state index in [4.69, 9.17) is 4.74 Å². The highest BCUT2D eigenvalue weighted by atomic mass is 16.5. The van der Waals surface area contributed by atoms with Gasteiger partial charge in [-0.1, -0.05) is 91.0 Å². The highest BCUT2D eigenvalue weighted by Crippen LogP contribution is 2.48. The van der Waals surface area contributed by atoms with Gasteiger partial charge in [0.25, 0.3) is 0 Å². The van der Waals surface area contributed by atoms with Gasteiger partial charge in [0.15, 0.2) is 0 Å². The molecule has 0 fully saturated rings. The molecule has 1 heteroatoms. The summed E-state index contributed by atoms with van der Waals surface area (Å²) >= 11 is 0. The molecule has 0 aromatic heterocycles. The molecular weight excluding hydrogens is 280 g/mol. The Morgan fingerprint density at radius 3 is 1.70 bits per heavy atom. The van der Waals surface area contributed by atoms with Crippen molar-refractivity contribution in [3.8, 4) is 0 Å². The summed E-state index contributed by atoms with van der Waals surface area (Å²) < 4.78 is 6.11. The van der Waals surface area contributed by atoms with Gasteiger partial charge in [0.05, 0.1) is 12.2 Å². The van der Waals surface area contributed by atoms with E-state index >= 15 is 0 Å². The van der Waals surface area contributed by atoms with Crippen LogP contribution in [0.1, 0.15) is 28.7 Å². The van der Waals surface area contributed by atoms with E-state index < -0.39 is 0 Å². The molecule has 0 N–H and O–H groups in total. The van der Waals surface area contributed by atoms with E-state index in [1.54, 1.807) is 0 Å². The SMILES string of the molecule is C1=C(c2ccccc2)[C@H](c2ccccc2)[C@@H](c2ccccc2)O1. The second-order valence-electron chi connectivity index (χ2n) is 5.79. The van der Waals surface area contributed by atoms with Crippen molar-refractivity contribution < 1.29 is 4.74 Å². The molecule has 1 nitrogen and oxygen atoms in total. The van der Waals surface area contributed by atoms with E-state index in [-0.39, 0.29) is 12.0 Å². The molecule has 1 heterocycles. The first-order valence-corrected chi connectivity index (χ1v) is 7.94. The third-order valence-corrected chi connectivity index (χ3v) is 4.37. The smallest absolute Gasteiger partial charge is 0.134 e. The number of benzene rings is 3. The van der Waals surface area contributed by atoms with Crippen molar-refractivity contribution in [3.63, 3.8) is 0 Å². The Hall–Kier alpha value is -2.80. The Morgan fingerprint density at radius 1 is 0.565 bits per heavy atom. The Kier molecular flexibility index (Phi) is 3.69. The molecule has 0 amide bonds. The van der Waals surface area contributed by atoms with E-state index in [1.165, 1.54) is 22.3 Å². The standard InChI is InChI=1S/C22H18O/c1-4-10-17(11-5-1)20-16-23-22(19-14-8-3-9-15-19)21(20)18-12-6-2-7-13-18/h1-16,21-22H/t21-,22+/m0/s1. The van der Waals surface area contributed by atoms with E-state index in [1.807, 2.05) is 18.4 Å². The van der Waals surface area contributed by atoms with E-state index in [9.17, 15) is 0 Å². The maximum atomic E-state index is 6.11. The van der Waals surface area contributed by atoms with Gasteiger partial charge in [-0.2, -0.15) is 0 Å². The Morgan fingerprint density at radius 2 is 1.09 bits per heavy atom. The molecule has 4 rings (SSSR count). The Bertz CT molecular complexity index is 791. The number of ether oxygens (including phenoxy) is 1. The highest BCUT2D eigenvalue weighted by Gasteiger charge is 2.34. The molecule has 0 saturated heterocycles. The minimum Gasteiger partial charge on any atom is -0.492 e. The van der Waals surface area contributed by atoms with Gasteiger partial charge in [0, 0.05) is 5.57 Å². The minimum atomic E-state index is 0.0220. The predicted molar refractivity (Wildman–Crippen MR) is 93.9 cm³/mol. The van der Waals surface area contributed by atoms with Crippen LogP contribution in [0.5, 0.6) is 0 Å². The molecule has 0 bridgehead atoms. The molecule has 0 aliphatic carbocycles. The number of rotatable bonds is 3. The first-order valence-electron chi connectivity index (χ1n) is 7.94. The van der Waals surface area contributed by atoms with Crippen molar-refractivity contribution in [1.82, 2.24) is 0 Å². The summed E-state index contributed by atoms with van der Waals surface area (Å²) in [5.41, 5.74) is 4.96. The number of hydrogen-bond acceptors (Lipinski definition) is 1. The molecule has 0 unspecified atom stereocenters. The summed E-state index contributed by atoms with van der Waals surface area (Å²) in [6.07, 6.45) is 1.96. The molecular formula is C22H18O. The van der Waals surface area contributed by atoms with Crippen molar-refractivity contribution in [2.24, 2.45) is 0 Å².